The highest BCUT2D eigenvalue weighted by Gasteiger charge is 2.27. The molecular weight excluding hydrogens is 245 g/mol. The molecule has 3 nitrogen and oxygen atoms in total. The van der Waals surface area contributed by atoms with Crippen LogP contribution >= 0.6 is 0 Å². The third kappa shape index (κ3) is 6.11. The van der Waals surface area contributed by atoms with Gasteiger partial charge < -0.3 is 10.1 Å². The molecule has 0 aliphatic rings. The van der Waals surface area contributed by atoms with E-state index < -0.39 is 12.8 Å². The summed E-state index contributed by atoms with van der Waals surface area (Å²) in [6.45, 7) is -0.942. The maximum absolute atomic E-state index is 11.8. The molecule has 0 saturated carbocycles. The van der Waals surface area contributed by atoms with E-state index >= 15 is 0 Å². The topological polar surface area (TPSA) is 45.0 Å². The summed E-state index contributed by atoms with van der Waals surface area (Å²) in [5, 5.41) is 11.4. The second kappa shape index (κ2) is 6.87. The van der Waals surface area contributed by atoms with Crippen molar-refractivity contribution in [3.05, 3.63) is 29.8 Å². The van der Waals surface area contributed by atoms with Crippen LogP contribution in [0.15, 0.2) is 24.3 Å². The second-order valence-electron chi connectivity index (χ2n) is 3.63. The van der Waals surface area contributed by atoms with Gasteiger partial charge in [0.25, 0.3) is 0 Å². The van der Waals surface area contributed by atoms with Gasteiger partial charge >= 0.3 is 6.18 Å². The predicted molar refractivity (Wildman–Crippen MR) is 61.1 cm³/mol. The maximum Gasteiger partial charge on any atom is 0.411 e. The van der Waals surface area contributed by atoms with Crippen LogP contribution < -0.4 is 5.32 Å². The third-order valence-corrected chi connectivity index (χ3v) is 2.08. The number of benzene rings is 1. The summed E-state index contributed by atoms with van der Waals surface area (Å²) in [5.74, 6) is 0. The molecule has 0 aliphatic heterocycles. The number of alkyl halides is 3. The van der Waals surface area contributed by atoms with Crippen LogP contribution in [0.2, 0.25) is 0 Å². The quantitative estimate of drug-likeness (QED) is 0.798. The monoisotopic (exact) mass is 258 g/mol. The van der Waals surface area contributed by atoms with Crippen molar-refractivity contribution < 1.29 is 17.9 Å². The van der Waals surface area contributed by atoms with Gasteiger partial charge in [-0.25, -0.2) is 0 Å². The standard InChI is InChI=1S/C12H13F3N2O/c13-12(14,15)9-18-8-7-17-11-3-1-10(2-4-11)5-6-16/h1-4,17H,5,7-9H2. The average Bonchev–Trinajstić information content (AvgIpc) is 2.30. The molecule has 0 atom stereocenters. The molecule has 0 spiro atoms. The first kappa shape index (κ1) is 14.3. The molecule has 0 radical (unpaired) electrons. The van der Waals surface area contributed by atoms with Gasteiger partial charge in [-0.1, -0.05) is 12.1 Å². The van der Waals surface area contributed by atoms with Crippen LogP contribution in [0, 0.1) is 11.3 Å². The van der Waals surface area contributed by atoms with Gasteiger partial charge in [0.15, 0.2) is 0 Å². The minimum Gasteiger partial charge on any atom is -0.383 e. The molecule has 1 N–H and O–H groups in total. The van der Waals surface area contributed by atoms with Crippen LogP contribution in [0.5, 0.6) is 0 Å². The average molecular weight is 258 g/mol. The zero-order chi connectivity index (χ0) is 13.4. The largest absolute Gasteiger partial charge is 0.411 e. The van der Waals surface area contributed by atoms with E-state index in [4.69, 9.17) is 5.26 Å². The van der Waals surface area contributed by atoms with Crippen molar-refractivity contribution in [2.45, 2.75) is 12.6 Å². The molecule has 1 aromatic rings. The summed E-state index contributed by atoms with van der Waals surface area (Å²) >= 11 is 0. The molecule has 0 unspecified atom stereocenters. The number of anilines is 1. The molecule has 1 rings (SSSR count). The van der Waals surface area contributed by atoms with Crippen LogP contribution in [-0.2, 0) is 11.2 Å². The van der Waals surface area contributed by atoms with Gasteiger partial charge in [-0.2, -0.15) is 18.4 Å². The number of hydrogen-bond acceptors (Lipinski definition) is 3. The van der Waals surface area contributed by atoms with Crippen molar-refractivity contribution >= 4 is 5.69 Å². The maximum atomic E-state index is 11.8. The van der Waals surface area contributed by atoms with Crippen molar-refractivity contribution in [3.8, 4) is 6.07 Å². The molecule has 1 aromatic carbocycles. The summed E-state index contributed by atoms with van der Waals surface area (Å²) in [6.07, 6.45) is -3.94. The Labute approximate surface area is 103 Å². The first-order chi connectivity index (χ1) is 8.51. The van der Waals surface area contributed by atoms with Gasteiger partial charge in [-0.15, -0.1) is 0 Å². The molecule has 0 heterocycles. The SMILES string of the molecule is N#CCc1ccc(NCCOCC(F)(F)F)cc1. The van der Waals surface area contributed by atoms with Gasteiger partial charge in [0.2, 0.25) is 0 Å². The fourth-order valence-corrected chi connectivity index (χ4v) is 1.29. The lowest BCUT2D eigenvalue weighted by atomic mass is 10.1. The Kier molecular flexibility index (Phi) is 5.46. The van der Waals surface area contributed by atoms with Crippen LogP contribution in [-0.4, -0.2) is 25.9 Å². The van der Waals surface area contributed by atoms with Gasteiger partial charge in [0.1, 0.15) is 6.61 Å². The molecule has 98 valence electrons. The number of nitrogens with zero attached hydrogens (tertiary/aromatic N) is 1. The second-order valence-corrected chi connectivity index (χ2v) is 3.63. The molecule has 0 saturated heterocycles. The van der Waals surface area contributed by atoms with E-state index in [9.17, 15) is 13.2 Å². The third-order valence-electron chi connectivity index (χ3n) is 2.08. The summed E-state index contributed by atoms with van der Waals surface area (Å²) in [7, 11) is 0. The Morgan fingerprint density at radius 3 is 2.44 bits per heavy atom. The first-order valence-corrected chi connectivity index (χ1v) is 5.35. The molecule has 0 fully saturated rings. The van der Waals surface area contributed by atoms with Crippen molar-refractivity contribution in [2.24, 2.45) is 0 Å². The van der Waals surface area contributed by atoms with Crippen LogP contribution in [0.25, 0.3) is 0 Å². The Bertz CT molecular complexity index is 395. The number of ether oxygens (including phenoxy) is 1. The van der Waals surface area contributed by atoms with E-state index in [-0.39, 0.29) is 6.61 Å². The minimum atomic E-state index is -4.28. The van der Waals surface area contributed by atoms with E-state index in [0.717, 1.165) is 11.3 Å². The first-order valence-electron chi connectivity index (χ1n) is 5.35. The molecule has 18 heavy (non-hydrogen) atoms. The Morgan fingerprint density at radius 1 is 1.22 bits per heavy atom. The zero-order valence-corrected chi connectivity index (χ0v) is 9.63. The van der Waals surface area contributed by atoms with Gasteiger partial charge in [0, 0.05) is 12.2 Å². The molecule has 0 aliphatic carbocycles. The molecular formula is C12H13F3N2O. The minimum absolute atomic E-state index is 0.0144. The van der Waals surface area contributed by atoms with Crippen molar-refractivity contribution in [3.63, 3.8) is 0 Å². The Morgan fingerprint density at radius 2 is 1.89 bits per heavy atom. The van der Waals surface area contributed by atoms with Gasteiger partial charge in [-0.3, -0.25) is 0 Å². The fraction of sp³-hybridized carbons (Fsp3) is 0.417. The highest BCUT2D eigenvalue weighted by molar-refractivity contribution is 5.44. The lowest BCUT2D eigenvalue weighted by molar-refractivity contribution is -0.172. The van der Waals surface area contributed by atoms with E-state index in [1.807, 2.05) is 6.07 Å². The van der Waals surface area contributed by atoms with Gasteiger partial charge in [-0.05, 0) is 17.7 Å². The Balaban J connectivity index is 2.22. The molecule has 6 heteroatoms. The van der Waals surface area contributed by atoms with E-state index in [2.05, 4.69) is 10.1 Å². The van der Waals surface area contributed by atoms with Crippen LogP contribution in [0.1, 0.15) is 5.56 Å². The van der Waals surface area contributed by atoms with Gasteiger partial charge in [0.05, 0.1) is 19.1 Å². The molecule has 0 aromatic heterocycles. The van der Waals surface area contributed by atoms with Crippen molar-refractivity contribution in [1.82, 2.24) is 0 Å². The van der Waals surface area contributed by atoms with Crippen LogP contribution in [0.3, 0.4) is 0 Å². The summed E-state index contributed by atoms with van der Waals surface area (Å²) < 4.78 is 39.7. The predicted octanol–water partition coefficient (Wildman–Crippen LogP) is 2.74. The highest BCUT2D eigenvalue weighted by Crippen LogP contribution is 2.14. The smallest absolute Gasteiger partial charge is 0.383 e. The Hall–Kier alpha value is -1.74. The lowest BCUT2D eigenvalue weighted by Gasteiger charge is -2.09. The normalized spacial score (nSPS) is 11.0. The highest BCUT2D eigenvalue weighted by atomic mass is 19.4. The number of nitriles is 1. The molecule has 0 bridgehead atoms. The van der Waals surface area contributed by atoms with Crippen LogP contribution in [0.4, 0.5) is 18.9 Å². The van der Waals surface area contributed by atoms with E-state index in [1.165, 1.54) is 0 Å². The number of hydrogen-bond donors (Lipinski definition) is 1. The molecule has 0 amide bonds. The number of nitrogens with one attached hydrogen (secondary N) is 1. The van der Waals surface area contributed by atoms with E-state index in [0.29, 0.717) is 13.0 Å². The number of rotatable bonds is 6. The summed E-state index contributed by atoms with van der Waals surface area (Å²) in [5.41, 5.74) is 1.68. The van der Waals surface area contributed by atoms with Crippen molar-refractivity contribution in [1.29, 1.82) is 5.26 Å². The zero-order valence-electron chi connectivity index (χ0n) is 9.63. The van der Waals surface area contributed by atoms with E-state index in [1.54, 1.807) is 24.3 Å². The summed E-state index contributed by atoms with van der Waals surface area (Å²) in [6, 6.07) is 9.17. The number of halogens is 3. The van der Waals surface area contributed by atoms with Crippen molar-refractivity contribution in [2.75, 3.05) is 25.1 Å². The summed E-state index contributed by atoms with van der Waals surface area (Å²) in [4.78, 5) is 0. The fourth-order valence-electron chi connectivity index (χ4n) is 1.29. The lowest BCUT2D eigenvalue weighted by Crippen LogP contribution is -2.20.